The Morgan fingerprint density at radius 3 is 2.24 bits per heavy atom. The number of benzene rings is 2. The first-order valence-corrected chi connectivity index (χ1v) is 7.85. The zero-order valence-corrected chi connectivity index (χ0v) is 14.1. The van der Waals surface area contributed by atoms with Crippen molar-refractivity contribution in [2.75, 3.05) is 5.32 Å². The number of esters is 1. The highest BCUT2D eigenvalue weighted by Crippen LogP contribution is 2.10. The van der Waals surface area contributed by atoms with Gasteiger partial charge in [-0.15, -0.1) is 0 Å². The fourth-order valence-electron chi connectivity index (χ4n) is 2.12. The second-order valence-corrected chi connectivity index (χ2v) is 5.55. The van der Waals surface area contributed by atoms with Gasteiger partial charge in [-0.25, -0.2) is 4.79 Å². The molecule has 0 aliphatic carbocycles. The highest BCUT2D eigenvalue weighted by Gasteiger charge is 2.15. The third kappa shape index (κ3) is 5.76. The lowest BCUT2D eigenvalue weighted by Gasteiger charge is -2.12. The van der Waals surface area contributed by atoms with Crippen LogP contribution in [0.1, 0.15) is 29.8 Å². The number of nitrogens with one attached hydrogen (secondary N) is 2. The van der Waals surface area contributed by atoms with Gasteiger partial charge in [0.25, 0.3) is 5.91 Å². The van der Waals surface area contributed by atoms with Gasteiger partial charge in [-0.2, -0.15) is 0 Å². The van der Waals surface area contributed by atoms with Gasteiger partial charge in [0.05, 0.1) is 0 Å². The molecule has 0 saturated carbocycles. The van der Waals surface area contributed by atoms with Crippen LogP contribution in [0.3, 0.4) is 0 Å². The maximum Gasteiger partial charge on any atom is 0.328 e. The molecule has 0 fully saturated rings. The molecule has 2 aromatic rings. The third-order valence-corrected chi connectivity index (χ3v) is 3.40. The largest absolute Gasteiger partial charge is 0.459 e. The van der Waals surface area contributed by atoms with Gasteiger partial charge in [0.2, 0.25) is 5.91 Å². The smallest absolute Gasteiger partial charge is 0.328 e. The summed E-state index contributed by atoms with van der Waals surface area (Å²) in [4.78, 5) is 34.8. The number of carbonyl (C=O) groups excluding carboxylic acids is 3. The van der Waals surface area contributed by atoms with E-state index in [1.54, 1.807) is 31.2 Å². The number of ether oxygens (including phenoxy) is 1. The first-order valence-electron chi connectivity index (χ1n) is 7.85. The van der Waals surface area contributed by atoms with Crippen LogP contribution in [-0.4, -0.2) is 23.8 Å². The molecule has 130 valence electrons. The SMILES string of the molecule is CC(=O)NC(C)C(=O)OCc1ccc(C(=O)Nc2ccccc2)cc1. The molecule has 0 radical (unpaired) electrons. The summed E-state index contributed by atoms with van der Waals surface area (Å²) in [5.74, 6) is -1.02. The van der Waals surface area contributed by atoms with Gasteiger partial charge < -0.3 is 15.4 Å². The number of rotatable bonds is 6. The Hall–Kier alpha value is -3.15. The molecule has 2 rings (SSSR count). The van der Waals surface area contributed by atoms with Crippen molar-refractivity contribution in [1.82, 2.24) is 5.32 Å². The summed E-state index contributed by atoms with van der Waals surface area (Å²) in [7, 11) is 0. The number of amides is 2. The van der Waals surface area contributed by atoms with Crippen molar-refractivity contribution in [2.24, 2.45) is 0 Å². The minimum atomic E-state index is -0.701. The molecule has 0 aromatic heterocycles. The predicted octanol–water partition coefficient (Wildman–Crippen LogP) is 2.51. The van der Waals surface area contributed by atoms with Crippen LogP contribution in [0.2, 0.25) is 0 Å². The minimum absolute atomic E-state index is 0.0728. The molecule has 0 aliphatic heterocycles. The van der Waals surface area contributed by atoms with Crippen molar-refractivity contribution in [3.05, 3.63) is 65.7 Å². The fraction of sp³-hybridized carbons (Fsp3) is 0.211. The molecule has 2 amide bonds. The lowest BCUT2D eigenvalue weighted by atomic mass is 10.1. The van der Waals surface area contributed by atoms with E-state index < -0.39 is 12.0 Å². The van der Waals surface area contributed by atoms with Gasteiger partial charge in [-0.05, 0) is 36.8 Å². The van der Waals surface area contributed by atoms with E-state index in [1.807, 2.05) is 30.3 Å². The van der Waals surface area contributed by atoms with E-state index in [2.05, 4.69) is 10.6 Å². The molecule has 2 N–H and O–H groups in total. The van der Waals surface area contributed by atoms with E-state index in [9.17, 15) is 14.4 Å². The summed E-state index contributed by atoms with van der Waals surface area (Å²) in [6, 6.07) is 15.2. The Morgan fingerprint density at radius 1 is 1.00 bits per heavy atom. The zero-order chi connectivity index (χ0) is 18.2. The van der Waals surface area contributed by atoms with Gasteiger partial charge in [0.15, 0.2) is 0 Å². The van der Waals surface area contributed by atoms with E-state index >= 15 is 0 Å². The monoisotopic (exact) mass is 340 g/mol. The van der Waals surface area contributed by atoms with E-state index in [4.69, 9.17) is 4.74 Å². The normalized spacial score (nSPS) is 11.3. The summed E-state index contributed by atoms with van der Waals surface area (Å²) in [6.07, 6.45) is 0. The molecular weight excluding hydrogens is 320 g/mol. The first kappa shape index (κ1) is 18.2. The number of para-hydroxylation sites is 1. The molecular formula is C19H20N2O4. The molecule has 0 saturated heterocycles. The number of hydrogen-bond donors (Lipinski definition) is 2. The fourth-order valence-corrected chi connectivity index (χ4v) is 2.12. The second-order valence-electron chi connectivity index (χ2n) is 5.55. The van der Waals surface area contributed by atoms with E-state index in [1.165, 1.54) is 6.92 Å². The Labute approximate surface area is 146 Å². The molecule has 0 bridgehead atoms. The highest BCUT2D eigenvalue weighted by atomic mass is 16.5. The van der Waals surface area contributed by atoms with Crippen LogP contribution in [0.4, 0.5) is 5.69 Å². The lowest BCUT2D eigenvalue weighted by Crippen LogP contribution is -2.38. The molecule has 2 aromatic carbocycles. The third-order valence-electron chi connectivity index (χ3n) is 3.40. The first-order chi connectivity index (χ1) is 12.0. The van der Waals surface area contributed by atoms with Gasteiger partial charge in [-0.1, -0.05) is 30.3 Å². The van der Waals surface area contributed by atoms with Crippen LogP contribution in [0.5, 0.6) is 0 Å². The van der Waals surface area contributed by atoms with Gasteiger partial charge >= 0.3 is 5.97 Å². The topological polar surface area (TPSA) is 84.5 Å². The van der Waals surface area contributed by atoms with Crippen molar-refractivity contribution in [1.29, 1.82) is 0 Å². The standard InChI is InChI=1S/C19H20N2O4/c1-13(20-14(2)22)19(24)25-12-15-8-10-16(11-9-15)18(23)21-17-6-4-3-5-7-17/h3-11,13H,12H2,1-2H3,(H,20,22)(H,21,23). The summed E-state index contributed by atoms with van der Waals surface area (Å²) in [5, 5.41) is 5.26. The Bertz CT molecular complexity index is 742. The predicted molar refractivity (Wildman–Crippen MR) is 93.9 cm³/mol. The molecule has 6 nitrogen and oxygen atoms in total. The molecule has 1 atom stereocenters. The van der Waals surface area contributed by atoms with Crippen molar-refractivity contribution in [3.63, 3.8) is 0 Å². The summed E-state index contributed by atoms with van der Waals surface area (Å²) in [6.45, 7) is 2.97. The number of anilines is 1. The Balaban J connectivity index is 1.88. The Kier molecular flexibility index (Phi) is 6.28. The maximum atomic E-state index is 12.1. The van der Waals surface area contributed by atoms with Crippen LogP contribution in [0.25, 0.3) is 0 Å². The number of carbonyl (C=O) groups is 3. The van der Waals surface area contributed by atoms with Crippen LogP contribution < -0.4 is 10.6 Å². The van der Waals surface area contributed by atoms with Crippen LogP contribution in [-0.2, 0) is 20.9 Å². The molecule has 0 heterocycles. The van der Waals surface area contributed by atoms with Crippen molar-refractivity contribution >= 4 is 23.5 Å². The maximum absolute atomic E-state index is 12.1. The minimum Gasteiger partial charge on any atom is -0.459 e. The quantitative estimate of drug-likeness (QED) is 0.791. The average Bonchev–Trinajstić information content (AvgIpc) is 2.60. The lowest BCUT2D eigenvalue weighted by molar-refractivity contribution is -0.148. The van der Waals surface area contributed by atoms with E-state index in [-0.39, 0.29) is 18.4 Å². The molecule has 0 aliphatic rings. The molecule has 1 unspecified atom stereocenters. The van der Waals surface area contributed by atoms with Crippen LogP contribution in [0.15, 0.2) is 54.6 Å². The molecule has 6 heteroatoms. The summed E-state index contributed by atoms with van der Waals surface area (Å²) < 4.78 is 5.13. The van der Waals surface area contributed by atoms with E-state index in [0.717, 1.165) is 11.3 Å². The van der Waals surface area contributed by atoms with Gasteiger partial charge in [0, 0.05) is 18.2 Å². The molecule has 25 heavy (non-hydrogen) atoms. The van der Waals surface area contributed by atoms with Crippen LogP contribution in [0, 0.1) is 0 Å². The Morgan fingerprint density at radius 2 is 1.64 bits per heavy atom. The summed E-state index contributed by atoms with van der Waals surface area (Å²) >= 11 is 0. The van der Waals surface area contributed by atoms with Crippen LogP contribution >= 0.6 is 0 Å². The zero-order valence-electron chi connectivity index (χ0n) is 14.1. The van der Waals surface area contributed by atoms with Gasteiger partial charge in [0.1, 0.15) is 12.6 Å². The summed E-state index contributed by atoms with van der Waals surface area (Å²) in [5.41, 5.74) is 1.97. The average molecular weight is 340 g/mol. The van der Waals surface area contributed by atoms with Gasteiger partial charge in [-0.3, -0.25) is 9.59 Å². The second kappa shape index (κ2) is 8.63. The highest BCUT2D eigenvalue weighted by molar-refractivity contribution is 6.04. The van der Waals surface area contributed by atoms with Crippen molar-refractivity contribution in [3.8, 4) is 0 Å². The number of hydrogen-bond acceptors (Lipinski definition) is 4. The van der Waals surface area contributed by atoms with Crippen molar-refractivity contribution < 1.29 is 19.1 Å². The van der Waals surface area contributed by atoms with Crippen molar-refractivity contribution in [2.45, 2.75) is 26.5 Å². The molecule has 0 spiro atoms. The van der Waals surface area contributed by atoms with E-state index in [0.29, 0.717) is 5.56 Å².